The summed E-state index contributed by atoms with van der Waals surface area (Å²) in [7, 11) is 2.05. The number of nitrogens with zero attached hydrogens (tertiary/aromatic N) is 4. The van der Waals surface area contributed by atoms with Crippen molar-refractivity contribution in [2.24, 2.45) is 15.9 Å². The molecule has 0 aromatic carbocycles. The van der Waals surface area contributed by atoms with Gasteiger partial charge in [-0.2, -0.15) is 0 Å². The van der Waals surface area contributed by atoms with Gasteiger partial charge in [-0.25, -0.2) is 4.39 Å². The smallest absolute Gasteiger partial charge is 0.251 e. The number of halogens is 1. The molecule has 5 rings (SSSR count). The monoisotopic (exact) mass is 794 g/mol. The largest absolute Gasteiger partial charge is 0.353 e. The summed E-state index contributed by atoms with van der Waals surface area (Å²) in [5.41, 5.74) is 4.15. The molecule has 3 N–H and O–H groups in total. The molecule has 2 unspecified atom stereocenters. The highest BCUT2D eigenvalue weighted by molar-refractivity contribution is 5.99. The van der Waals surface area contributed by atoms with Crippen molar-refractivity contribution in [3.05, 3.63) is 132 Å². The second-order valence-electron chi connectivity index (χ2n) is 14.3. The molecule has 9 nitrogen and oxygen atoms in total. The molecule has 1 aromatic rings. The van der Waals surface area contributed by atoms with Crippen molar-refractivity contribution in [2.75, 3.05) is 33.2 Å². The highest BCUT2D eigenvalue weighted by atomic mass is 19.1. The third-order valence-corrected chi connectivity index (χ3v) is 9.61. The maximum Gasteiger partial charge on any atom is 0.251 e. The van der Waals surface area contributed by atoms with Gasteiger partial charge in [0.2, 0.25) is 0 Å². The molecule has 4 aliphatic rings. The highest BCUT2D eigenvalue weighted by Gasteiger charge is 2.19. The van der Waals surface area contributed by atoms with E-state index in [9.17, 15) is 14.0 Å². The standard InChI is InChI=1S/C30H40N6O.C10H12FNO.C5H10.C3H6/c1-31-28-13-17-36(18-14-28)22-24-7-2-5-11-29(12-16-33-23-34-20-24)35-30(37)26-9-4-3-8-25(19-26)27-10-6-15-32-21-27;1-8(7-13)10(11)6-9-2-4-12-5-3-9;1-3-5-4-2;1-3-2/h2,4,6-10,15,19-21,23,28-29,31H,3,5,11-14,16-18,22H2,1H3,(H,33,34)(H,35,37);2,4-5,7,9H,3,6H2,1H3;3,5H,4H2,1-2H3;3H,1H2,2H3/b7-2-,24-20+;10-8-;5-3-;. The summed E-state index contributed by atoms with van der Waals surface area (Å²) in [6.45, 7) is 14.7. The summed E-state index contributed by atoms with van der Waals surface area (Å²) in [5, 5.41) is 9.90. The molecule has 1 aliphatic carbocycles. The molecule has 58 heavy (non-hydrogen) atoms. The molecule has 1 fully saturated rings. The minimum atomic E-state index is -0.319. The van der Waals surface area contributed by atoms with Crippen molar-refractivity contribution in [2.45, 2.75) is 97.6 Å². The summed E-state index contributed by atoms with van der Waals surface area (Å²) < 4.78 is 13.2. The number of hydrogen-bond donors (Lipinski definition) is 3. The summed E-state index contributed by atoms with van der Waals surface area (Å²) in [4.78, 5) is 38.6. The Kier molecular flexibility index (Phi) is 26.2. The first-order chi connectivity index (χ1) is 28.3. The van der Waals surface area contributed by atoms with Crippen molar-refractivity contribution in [3.63, 3.8) is 0 Å². The maximum atomic E-state index is 13.2. The van der Waals surface area contributed by atoms with E-state index in [-0.39, 0.29) is 29.3 Å². The van der Waals surface area contributed by atoms with Crippen LogP contribution in [0.4, 0.5) is 4.39 Å². The Labute approximate surface area is 348 Å². The molecule has 4 heterocycles. The van der Waals surface area contributed by atoms with Gasteiger partial charge in [-0.1, -0.05) is 67.7 Å². The number of allylic oxidation sites excluding steroid dienone is 11. The summed E-state index contributed by atoms with van der Waals surface area (Å²) >= 11 is 0. The second kappa shape index (κ2) is 31.0. The Balaban J connectivity index is 0.000000453. The molecule has 0 radical (unpaired) electrons. The fourth-order valence-electron chi connectivity index (χ4n) is 6.26. The van der Waals surface area contributed by atoms with Crippen LogP contribution in [0.25, 0.3) is 5.57 Å². The van der Waals surface area contributed by atoms with Gasteiger partial charge in [0.1, 0.15) is 12.1 Å². The zero-order valence-corrected chi connectivity index (χ0v) is 35.6. The minimum absolute atomic E-state index is 0.0401. The first-order valence-electron chi connectivity index (χ1n) is 20.7. The molecule has 314 valence electrons. The number of likely N-dealkylation sites (tertiary alicyclic amines) is 1. The lowest BCUT2D eigenvalue weighted by Crippen LogP contribution is -2.41. The zero-order chi connectivity index (χ0) is 42.2. The van der Waals surface area contributed by atoms with Crippen LogP contribution < -0.4 is 16.0 Å². The Bertz CT molecular complexity index is 1680. The lowest BCUT2D eigenvalue weighted by molar-refractivity contribution is -0.118. The van der Waals surface area contributed by atoms with E-state index >= 15 is 0 Å². The Hall–Kier alpha value is -5.06. The molecule has 0 bridgehead atoms. The molecule has 10 heteroatoms. The van der Waals surface area contributed by atoms with Crippen LogP contribution in [0, 0.1) is 5.92 Å². The van der Waals surface area contributed by atoms with Crippen LogP contribution in [-0.4, -0.2) is 79.9 Å². The van der Waals surface area contributed by atoms with Crippen molar-refractivity contribution >= 4 is 30.3 Å². The normalized spacial score (nSPS) is 21.7. The molecule has 1 amide bonds. The van der Waals surface area contributed by atoms with Gasteiger partial charge in [-0.15, -0.1) is 6.58 Å². The van der Waals surface area contributed by atoms with Gasteiger partial charge in [0.15, 0.2) is 0 Å². The molecule has 1 saturated heterocycles. The van der Waals surface area contributed by atoms with Gasteiger partial charge in [0.05, 0.1) is 6.34 Å². The summed E-state index contributed by atoms with van der Waals surface area (Å²) in [6.07, 6.45) is 39.6. The van der Waals surface area contributed by atoms with E-state index in [1.807, 2.05) is 56.5 Å². The van der Waals surface area contributed by atoms with E-state index in [1.54, 1.807) is 31.0 Å². The highest BCUT2D eigenvalue weighted by Crippen LogP contribution is 2.22. The van der Waals surface area contributed by atoms with Crippen LogP contribution in [0.2, 0.25) is 0 Å². The third-order valence-electron chi connectivity index (χ3n) is 9.61. The number of nitrogens with one attached hydrogen (secondary N) is 3. The number of aromatic nitrogens is 1. The van der Waals surface area contributed by atoms with E-state index in [4.69, 9.17) is 0 Å². The minimum Gasteiger partial charge on any atom is -0.353 e. The van der Waals surface area contributed by atoms with Crippen LogP contribution in [0.3, 0.4) is 0 Å². The van der Waals surface area contributed by atoms with E-state index in [1.165, 1.54) is 25.3 Å². The second-order valence-corrected chi connectivity index (χ2v) is 14.3. The van der Waals surface area contributed by atoms with Gasteiger partial charge in [-0.3, -0.25) is 29.5 Å². The van der Waals surface area contributed by atoms with Gasteiger partial charge < -0.3 is 16.0 Å². The van der Waals surface area contributed by atoms with Gasteiger partial charge in [0, 0.05) is 73.7 Å². The van der Waals surface area contributed by atoms with Crippen LogP contribution >= 0.6 is 0 Å². The van der Waals surface area contributed by atoms with Crippen LogP contribution in [0.5, 0.6) is 0 Å². The average molecular weight is 794 g/mol. The summed E-state index contributed by atoms with van der Waals surface area (Å²) in [6, 6.07) is 4.64. The van der Waals surface area contributed by atoms with Gasteiger partial charge in [-0.05, 0) is 127 Å². The van der Waals surface area contributed by atoms with E-state index in [0.29, 0.717) is 30.9 Å². The number of rotatable bonds is 10. The SMILES string of the molecule is C/C(C=O)=C(/F)CC1C=CN=CC1.C/C=C\CC.C=CC.CNC1CCN(CC2=C/NC=NCCC(NC(=O)C3=CC(c4cccnc4)=CCC=C3)CC/C=C\2)CC1. The lowest BCUT2D eigenvalue weighted by Gasteiger charge is -2.32. The zero-order valence-electron chi connectivity index (χ0n) is 35.6. The van der Waals surface area contributed by atoms with Crippen LogP contribution in [-0.2, 0) is 9.59 Å². The molecular formula is C48H68FN7O2. The molecule has 3 aliphatic heterocycles. The fraction of sp³-hybridized carbons (Fsp3) is 0.438. The summed E-state index contributed by atoms with van der Waals surface area (Å²) in [5.74, 6) is -0.214. The molecule has 2 atom stereocenters. The van der Waals surface area contributed by atoms with Crippen molar-refractivity contribution in [1.82, 2.24) is 25.8 Å². The number of carbonyl (C=O) groups excluding carboxylic acids is 2. The number of hydrogen-bond acceptors (Lipinski definition) is 8. The van der Waals surface area contributed by atoms with Crippen molar-refractivity contribution in [1.29, 1.82) is 0 Å². The number of amides is 1. The average Bonchev–Trinajstić information content (AvgIpc) is 3.51. The first kappa shape index (κ1) is 49.1. The fourth-order valence-corrected chi connectivity index (χ4v) is 6.26. The van der Waals surface area contributed by atoms with E-state index < -0.39 is 0 Å². The number of piperidine rings is 1. The number of aldehydes is 1. The topological polar surface area (TPSA) is 111 Å². The van der Waals surface area contributed by atoms with Gasteiger partial charge in [0.25, 0.3) is 5.91 Å². The van der Waals surface area contributed by atoms with E-state index in [0.717, 1.165) is 69.3 Å². The first-order valence-corrected chi connectivity index (χ1v) is 20.7. The predicted molar refractivity (Wildman–Crippen MR) is 243 cm³/mol. The Morgan fingerprint density at radius 2 is 1.91 bits per heavy atom. The van der Waals surface area contributed by atoms with Crippen LogP contribution in [0.15, 0.2) is 137 Å². The molecule has 0 spiro atoms. The van der Waals surface area contributed by atoms with E-state index in [2.05, 4.69) is 92.9 Å². The van der Waals surface area contributed by atoms with Crippen molar-refractivity contribution in [3.8, 4) is 0 Å². The molecular weight excluding hydrogens is 726 g/mol. The van der Waals surface area contributed by atoms with Crippen LogP contribution in [0.1, 0.15) is 91.0 Å². The lowest BCUT2D eigenvalue weighted by atomic mass is 9.99. The number of aliphatic imine (C=N–C) groups is 2. The molecule has 0 saturated carbocycles. The number of pyridine rings is 1. The molecule has 1 aromatic heterocycles. The Morgan fingerprint density at radius 3 is 2.55 bits per heavy atom. The quantitative estimate of drug-likeness (QED) is 0.124. The van der Waals surface area contributed by atoms with Gasteiger partial charge >= 0.3 is 0 Å². The third kappa shape index (κ3) is 20.9. The maximum absolute atomic E-state index is 13.2. The predicted octanol–water partition coefficient (Wildman–Crippen LogP) is 9.35. The Morgan fingerprint density at radius 1 is 1.12 bits per heavy atom. The number of carbonyl (C=O) groups is 2. The van der Waals surface area contributed by atoms with Crippen molar-refractivity contribution < 1.29 is 14.0 Å².